The van der Waals surface area contributed by atoms with Crippen LogP contribution in [0.25, 0.3) is 11.1 Å². The second-order valence-electron chi connectivity index (χ2n) is 7.02. The van der Waals surface area contributed by atoms with E-state index in [4.69, 9.17) is 9.73 Å². The van der Waals surface area contributed by atoms with Gasteiger partial charge in [-0.25, -0.2) is 4.99 Å². The molecule has 0 unspecified atom stereocenters. The van der Waals surface area contributed by atoms with Crippen LogP contribution in [-0.4, -0.2) is 6.61 Å². The summed E-state index contributed by atoms with van der Waals surface area (Å²) in [6, 6.07) is 14.6. The third kappa shape index (κ3) is 3.06. The number of ether oxygens (including phenoxy) is 1. The largest absolute Gasteiger partial charge is 0.494 e. The Labute approximate surface area is 161 Å². The number of rotatable bonds is 3. The summed E-state index contributed by atoms with van der Waals surface area (Å²) in [7, 11) is 3.56. The second-order valence-corrected chi connectivity index (χ2v) is 9.15. The van der Waals surface area contributed by atoms with E-state index in [9.17, 15) is 0 Å². The molecule has 0 fully saturated rings. The molecule has 0 amide bonds. The SMILES string of the molecule is CCOc1ccc2c(c1)-c1c(ssc1=Nc1cccc(C)c1)C(C)(C)N2. The minimum atomic E-state index is -0.114. The maximum Gasteiger partial charge on any atom is 0.135 e. The van der Waals surface area contributed by atoms with Crippen LogP contribution in [0.2, 0.25) is 0 Å². The van der Waals surface area contributed by atoms with E-state index in [1.807, 2.05) is 23.3 Å². The third-order valence-corrected chi connectivity index (χ3v) is 7.10. The third-order valence-electron chi connectivity index (χ3n) is 4.46. The molecule has 0 saturated carbocycles. The summed E-state index contributed by atoms with van der Waals surface area (Å²) < 4.78 is 6.81. The molecule has 1 N–H and O–H groups in total. The van der Waals surface area contributed by atoms with Gasteiger partial charge in [-0.2, -0.15) is 0 Å². The van der Waals surface area contributed by atoms with Crippen molar-refractivity contribution in [2.45, 2.75) is 33.2 Å². The van der Waals surface area contributed by atoms with Crippen molar-refractivity contribution in [3.05, 3.63) is 57.6 Å². The summed E-state index contributed by atoms with van der Waals surface area (Å²) in [6.07, 6.45) is 0. The second kappa shape index (κ2) is 6.56. The summed E-state index contributed by atoms with van der Waals surface area (Å²) in [6.45, 7) is 9.23. The van der Waals surface area contributed by atoms with E-state index in [0.29, 0.717) is 6.61 Å². The van der Waals surface area contributed by atoms with Gasteiger partial charge in [0.15, 0.2) is 0 Å². The molecule has 0 atom stereocenters. The number of benzene rings is 2. The monoisotopic (exact) mass is 382 g/mol. The van der Waals surface area contributed by atoms with Crippen molar-refractivity contribution in [2.75, 3.05) is 11.9 Å². The highest BCUT2D eigenvalue weighted by atomic mass is 32.9. The van der Waals surface area contributed by atoms with E-state index in [1.54, 1.807) is 10.3 Å². The van der Waals surface area contributed by atoms with Gasteiger partial charge in [0.1, 0.15) is 10.4 Å². The molecular weight excluding hydrogens is 360 g/mol. The van der Waals surface area contributed by atoms with Crippen LogP contribution < -0.4 is 14.7 Å². The highest BCUT2D eigenvalue weighted by molar-refractivity contribution is 7.68. The zero-order valence-electron chi connectivity index (χ0n) is 15.4. The molecule has 1 aliphatic heterocycles. The van der Waals surface area contributed by atoms with Crippen LogP contribution >= 0.6 is 20.7 Å². The van der Waals surface area contributed by atoms with Gasteiger partial charge < -0.3 is 10.1 Å². The predicted octanol–water partition coefficient (Wildman–Crippen LogP) is 6.08. The summed E-state index contributed by atoms with van der Waals surface area (Å²) in [5.74, 6) is 0.899. The van der Waals surface area contributed by atoms with Crippen LogP contribution in [0.5, 0.6) is 5.75 Å². The normalized spacial score (nSPS) is 15.2. The van der Waals surface area contributed by atoms with Crippen LogP contribution in [0.3, 0.4) is 0 Å². The van der Waals surface area contributed by atoms with Crippen molar-refractivity contribution in [1.82, 2.24) is 0 Å². The number of nitrogens with zero attached hydrogens (tertiary/aromatic N) is 1. The number of hydrogen-bond acceptors (Lipinski definition) is 5. The van der Waals surface area contributed by atoms with Gasteiger partial charge in [0, 0.05) is 16.8 Å². The number of anilines is 1. The molecule has 0 saturated heterocycles. The van der Waals surface area contributed by atoms with Crippen LogP contribution in [0, 0.1) is 6.92 Å². The Morgan fingerprint density at radius 1 is 1.12 bits per heavy atom. The van der Waals surface area contributed by atoms with Crippen molar-refractivity contribution in [3.8, 4) is 16.9 Å². The molecule has 4 rings (SSSR count). The first-order valence-corrected chi connectivity index (χ1v) is 10.9. The maximum atomic E-state index is 5.74. The number of aryl methyl sites for hydroxylation is 1. The maximum absolute atomic E-state index is 5.74. The minimum Gasteiger partial charge on any atom is -0.494 e. The first-order chi connectivity index (χ1) is 12.5. The van der Waals surface area contributed by atoms with Crippen molar-refractivity contribution >= 4 is 32.1 Å². The van der Waals surface area contributed by atoms with Gasteiger partial charge in [-0.05, 0) is 63.6 Å². The van der Waals surface area contributed by atoms with Gasteiger partial charge >= 0.3 is 0 Å². The standard InChI is InChI=1S/C21H22N2OS2/c1-5-24-15-9-10-17-16(12-15)18-19(21(3,4)23-17)25-26-20(18)22-14-8-6-7-13(2)11-14/h6-12,23H,5H2,1-4H3. The molecule has 26 heavy (non-hydrogen) atoms. The summed E-state index contributed by atoms with van der Waals surface area (Å²) in [5, 5.41) is 3.67. The molecule has 0 spiro atoms. The van der Waals surface area contributed by atoms with Crippen LogP contribution in [0.1, 0.15) is 31.2 Å². The first-order valence-electron chi connectivity index (χ1n) is 8.78. The van der Waals surface area contributed by atoms with E-state index in [-0.39, 0.29) is 5.54 Å². The van der Waals surface area contributed by atoms with Gasteiger partial charge in [0.05, 0.1) is 22.7 Å². The zero-order valence-corrected chi connectivity index (χ0v) is 17.1. The Morgan fingerprint density at radius 3 is 2.73 bits per heavy atom. The predicted molar refractivity (Wildman–Crippen MR) is 112 cm³/mol. The Bertz CT molecular complexity index is 1030. The lowest BCUT2D eigenvalue weighted by Crippen LogP contribution is -2.31. The zero-order chi connectivity index (χ0) is 18.3. The molecule has 1 aromatic heterocycles. The van der Waals surface area contributed by atoms with Crippen molar-refractivity contribution < 1.29 is 4.74 Å². The fourth-order valence-electron chi connectivity index (χ4n) is 3.29. The Kier molecular flexibility index (Phi) is 4.37. The van der Waals surface area contributed by atoms with E-state index in [1.165, 1.54) is 21.6 Å². The van der Waals surface area contributed by atoms with Gasteiger partial charge in [-0.3, -0.25) is 0 Å². The first kappa shape index (κ1) is 17.3. The lowest BCUT2D eigenvalue weighted by atomic mass is 9.90. The van der Waals surface area contributed by atoms with Crippen LogP contribution in [0.15, 0.2) is 47.5 Å². The van der Waals surface area contributed by atoms with Crippen molar-refractivity contribution in [2.24, 2.45) is 4.99 Å². The molecule has 1 aliphatic rings. The molecule has 3 aromatic rings. The molecule has 0 radical (unpaired) electrons. The topological polar surface area (TPSA) is 33.6 Å². The number of fused-ring (bicyclic) bond motifs is 3. The minimum absolute atomic E-state index is 0.114. The Morgan fingerprint density at radius 2 is 1.96 bits per heavy atom. The molecular formula is C21H22N2OS2. The summed E-state index contributed by atoms with van der Waals surface area (Å²) in [4.78, 5) is 6.30. The average molecular weight is 383 g/mol. The van der Waals surface area contributed by atoms with E-state index in [2.05, 4.69) is 62.5 Å². The Hall–Kier alpha value is -2.11. The van der Waals surface area contributed by atoms with E-state index < -0.39 is 0 Å². The van der Waals surface area contributed by atoms with Crippen molar-refractivity contribution in [1.29, 1.82) is 0 Å². The summed E-state index contributed by atoms with van der Waals surface area (Å²) >= 11 is 0. The fraction of sp³-hybridized carbons (Fsp3) is 0.286. The van der Waals surface area contributed by atoms with Gasteiger partial charge in [0.25, 0.3) is 0 Å². The van der Waals surface area contributed by atoms with Gasteiger partial charge in [-0.15, -0.1) is 0 Å². The van der Waals surface area contributed by atoms with E-state index >= 15 is 0 Å². The van der Waals surface area contributed by atoms with Gasteiger partial charge in [0.2, 0.25) is 0 Å². The van der Waals surface area contributed by atoms with E-state index in [0.717, 1.165) is 21.8 Å². The molecule has 0 bridgehead atoms. The lowest BCUT2D eigenvalue weighted by molar-refractivity contribution is 0.340. The fourth-order valence-corrected chi connectivity index (χ4v) is 6.23. The molecule has 134 valence electrons. The van der Waals surface area contributed by atoms with Crippen molar-refractivity contribution in [3.63, 3.8) is 0 Å². The quantitative estimate of drug-likeness (QED) is 0.557. The number of hydrogen-bond donors (Lipinski definition) is 1. The van der Waals surface area contributed by atoms with Crippen LogP contribution in [-0.2, 0) is 5.54 Å². The Balaban J connectivity index is 1.95. The molecule has 2 heterocycles. The molecule has 3 nitrogen and oxygen atoms in total. The van der Waals surface area contributed by atoms with Gasteiger partial charge in [-0.1, -0.05) is 32.8 Å². The highest BCUT2D eigenvalue weighted by Gasteiger charge is 2.33. The highest BCUT2D eigenvalue weighted by Crippen LogP contribution is 2.46. The smallest absolute Gasteiger partial charge is 0.135 e. The number of nitrogens with one attached hydrogen (secondary N) is 1. The molecule has 5 heteroatoms. The summed E-state index contributed by atoms with van der Waals surface area (Å²) in [5.41, 5.74) is 5.66. The average Bonchev–Trinajstić information content (AvgIpc) is 3.01. The van der Waals surface area contributed by atoms with Crippen LogP contribution in [0.4, 0.5) is 11.4 Å². The molecule has 2 aromatic carbocycles. The lowest BCUT2D eigenvalue weighted by Gasteiger charge is -2.33. The molecule has 0 aliphatic carbocycles.